The lowest BCUT2D eigenvalue weighted by atomic mass is 10.1. The Morgan fingerprint density at radius 3 is 2.67 bits per heavy atom. The maximum Gasteiger partial charge on any atom is 0.310 e. The predicted octanol–water partition coefficient (Wildman–Crippen LogP) is 4.36. The zero-order valence-corrected chi connectivity index (χ0v) is 15.9. The van der Waals surface area contributed by atoms with E-state index in [1.165, 1.54) is 0 Å². The number of ether oxygens (including phenoxy) is 1. The lowest BCUT2D eigenvalue weighted by Gasteiger charge is -2.14. The molecule has 0 aliphatic carbocycles. The van der Waals surface area contributed by atoms with Crippen molar-refractivity contribution in [3.8, 4) is 0 Å². The molecule has 0 bridgehead atoms. The summed E-state index contributed by atoms with van der Waals surface area (Å²) in [6.45, 7) is 3.49. The van der Waals surface area contributed by atoms with E-state index in [-0.39, 0.29) is 25.0 Å². The number of nitrogens with one attached hydrogen (secondary N) is 1. The SMILES string of the molecule is Cc1ccc2c(CC(=O)OCC(=O)N[C@H](C)c3ccc(Cl)cc3)coc2c1. The third kappa shape index (κ3) is 4.89. The minimum atomic E-state index is -0.479. The lowest BCUT2D eigenvalue weighted by Crippen LogP contribution is -2.31. The van der Waals surface area contributed by atoms with E-state index in [9.17, 15) is 9.59 Å². The number of carbonyl (C=O) groups excluding carboxylic acids is 2. The molecule has 3 rings (SSSR count). The topological polar surface area (TPSA) is 68.5 Å². The number of amides is 1. The summed E-state index contributed by atoms with van der Waals surface area (Å²) < 4.78 is 10.6. The Morgan fingerprint density at radius 1 is 1.19 bits per heavy atom. The molecule has 0 fully saturated rings. The first-order chi connectivity index (χ1) is 12.9. The molecule has 0 aliphatic heterocycles. The van der Waals surface area contributed by atoms with Crippen molar-refractivity contribution in [3.05, 3.63) is 70.4 Å². The van der Waals surface area contributed by atoms with Crippen molar-refractivity contribution >= 4 is 34.4 Å². The Hall–Kier alpha value is -2.79. The molecule has 1 atom stereocenters. The van der Waals surface area contributed by atoms with Gasteiger partial charge in [0.05, 0.1) is 18.7 Å². The molecule has 0 saturated heterocycles. The molecule has 0 unspecified atom stereocenters. The summed E-state index contributed by atoms with van der Waals surface area (Å²) in [6, 6.07) is 12.8. The van der Waals surface area contributed by atoms with E-state index in [0.717, 1.165) is 27.7 Å². The highest BCUT2D eigenvalue weighted by atomic mass is 35.5. The summed E-state index contributed by atoms with van der Waals surface area (Å²) in [6.07, 6.45) is 1.60. The van der Waals surface area contributed by atoms with E-state index >= 15 is 0 Å². The van der Waals surface area contributed by atoms with Gasteiger partial charge in [-0.3, -0.25) is 9.59 Å². The van der Waals surface area contributed by atoms with Gasteiger partial charge in [0.25, 0.3) is 5.91 Å². The number of carbonyl (C=O) groups is 2. The van der Waals surface area contributed by atoms with Crippen molar-refractivity contribution in [1.82, 2.24) is 5.32 Å². The van der Waals surface area contributed by atoms with Gasteiger partial charge in [-0.15, -0.1) is 0 Å². The Bertz CT molecular complexity index is 962. The molecule has 1 amide bonds. The summed E-state index contributed by atoms with van der Waals surface area (Å²) in [4.78, 5) is 24.1. The van der Waals surface area contributed by atoms with Crippen LogP contribution in [-0.2, 0) is 20.7 Å². The molecule has 0 aliphatic rings. The zero-order valence-electron chi connectivity index (χ0n) is 15.1. The fourth-order valence-corrected chi connectivity index (χ4v) is 2.92. The summed E-state index contributed by atoms with van der Waals surface area (Å²) in [7, 11) is 0. The number of hydrogen-bond donors (Lipinski definition) is 1. The molecule has 0 spiro atoms. The van der Waals surface area contributed by atoms with Crippen molar-refractivity contribution < 1.29 is 18.7 Å². The second-order valence-electron chi connectivity index (χ2n) is 6.44. The largest absolute Gasteiger partial charge is 0.464 e. The molecule has 6 heteroatoms. The molecule has 5 nitrogen and oxygen atoms in total. The maximum absolute atomic E-state index is 12.1. The summed E-state index contributed by atoms with van der Waals surface area (Å²) >= 11 is 5.86. The van der Waals surface area contributed by atoms with Crippen LogP contribution in [0.15, 0.2) is 53.1 Å². The molecule has 1 heterocycles. The van der Waals surface area contributed by atoms with Crippen molar-refractivity contribution in [2.45, 2.75) is 26.3 Å². The average Bonchev–Trinajstić information content (AvgIpc) is 3.02. The quantitative estimate of drug-likeness (QED) is 0.640. The molecular formula is C21H20ClNO4. The first kappa shape index (κ1) is 19.0. The number of fused-ring (bicyclic) bond motifs is 1. The fourth-order valence-electron chi connectivity index (χ4n) is 2.80. The van der Waals surface area contributed by atoms with Gasteiger partial charge in [-0.1, -0.05) is 35.9 Å². The van der Waals surface area contributed by atoms with Gasteiger partial charge < -0.3 is 14.5 Å². The Kier molecular flexibility index (Phi) is 5.81. The highest BCUT2D eigenvalue weighted by Crippen LogP contribution is 2.23. The fraction of sp³-hybridized carbons (Fsp3) is 0.238. The highest BCUT2D eigenvalue weighted by Gasteiger charge is 2.15. The molecule has 140 valence electrons. The number of furan rings is 1. The summed E-state index contributed by atoms with van der Waals surface area (Å²) in [5, 5.41) is 4.29. The minimum Gasteiger partial charge on any atom is -0.464 e. The second-order valence-corrected chi connectivity index (χ2v) is 6.88. The standard InChI is InChI=1S/C21H20ClNO4/c1-13-3-8-18-16(11-26-19(18)9-13)10-21(25)27-12-20(24)23-14(2)15-4-6-17(22)7-5-15/h3-9,11,14H,10,12H2,1-2H3,(H,23,24)/t14-/m1/s1. The molecular weight excluding hydrogens is 366 g/mol. The Labute approximate surface area is 162 Å². The van der Waals surface area contributed by atoms with Crippen LogP contribution in [0.4, 0.5) is 0 Å². The van der Waals surface area contributed by atoms with Crippen molar-refractivity contribution in [2.24, 2.45) is 0 Å². The summed E-state index contributed by atoms with van der Waals surface area (Å²) in [5.41, 5.74) is 3.47. The van der Waals surface area contributed by atoms with Crippen LogP contribution in [0, 0.1) is 6.92 Å². The van der Waals surface area contributed by atoms with Crippen molar-refractivity contribution in [2.75, 3.05) is 6.61 Å². The van der Waals surface area contributed by atoms with Crippen LogP contribution in [0.2, 0.25) is 5.02 Å². The smallest absolute Gasteiger partial charge is 0.310 e. The number of hydrogen-bond acceptors (Lipinski definition) is 4. The predicted molar refractivity (Wildman–Crippen MR) is 104 cm³/mol. The van der Waals surface area contributed by atoms with Gasteiger partial charge in [-0.05, 0) is 43.2 Å². The third-order valence-electron chi connectivity index (χ3n) is 4.26. The molecule has 3 aromatic rings. The molecule has 1 aromatic heterocycles. The third-order valence-corrected chi connectivity index (χ3v) is 4.51. The minimum absolute atomic E-state index is 0.0517. The van der Waals surface area contributed by atoms with E-state index in [1.54, 1.807) is 18.4 Å². The Morgan fingerprint density at radius 2 is 1.93 bits per heavy atom. The van der Waals surface area contributed by atoms with Gasteiger partial charge in [0.15, 0.2) is 6.61 Å². The van der Waals surface area contributed by atoms with E-state index in [0.29, 0.717) is 5.02 Å². The van der Waals surface area contributed by atoms with Crippen LogP contribution in [0.25, 0.3) is 11.0 Å². The van der Waals surface area contributed by atoms with Gasteiger partial charge in [0.1, 0.15) is 5.58 Å². The van der Waals surface area contributed by atoms with Crippen LogP contribution in [0.3, 0.4) is 0 Å². The molecule has 27 heavy (non-hydrogen) atoms. The van der Waals surface area contributed by atoms with Gasteiger partial charge in [0, 0.05) is 16.0 Å². The van der Waals surface area contributed by atoms with Gasteiger partial charge in [-0.2, -0.15) is 0 Å². The van der Waals surface area contributed by atoms with E-state index < -0.39 is 5.97 Å². The molecule has 0 saturated carbocycles. The van der Waals surface area contributed by atoms with Gasteiger partial charge >= 0.3 is 5.97 Å². The lowest BCUT2D eigenvalue weighted by molar-refractivity contribution is -0.148. The van der Waals surface area contributed by atoms with E-state index in [1.807, 2.05) is 44.2 Å². The van der Waals surface area contributed by atoms with E-state index in [2.05, 4.69) is 5.32 Å². The number of rotatable bonds is 6. The highest BCUT2D eigenvalue weighted by molar-refractivity contribution is 6.30. The van der Waals surface area contributed by atoms with Crippen LogP contribution in [-0.4, -0.2) is 18.5 Å². The second kappa shape index (κ2) is 8.27. The number of aryl methyl sites for hydroxylation is 1. The molecule has 1 N–H and O–H groups in total. The first-order valence-corrected chi connectivity index (χ1v) is 8.97. The van der Waals surface area contributed by atoms with Crippen LogP contribution in [0.1, 0.15) is 29.7 Å². The van der Waals surface area contributed by atoms with E-state index in [4.69, 9.17) is 20.8 Å². The zero-order chi connectivity index (χ0) is 19.4. The van der Waals surface area contributed by atoms with Crippen LogP contribution >= 0.6 is 11.6 Å². The average molecular weight is 386 g/mol. The summed E-state index contributed by atoms with van der Waals surface area (Å²) in [5.74, 6) is -0.842. The Balaban J connectivity index is 1.50. The van der Waals surface area contributed by atoms with Crippen molar-refractivity contribution in [1.29, 1.82) is 0 Å². The van der Waals surface area contributed by atoms with Crippen LogP contribution in [0.5, 0.6) is 0 Å². The maximum atomic E-state index is 12.1. The van der Waals surface area contributed by atoms with Gasteiger partial charge in [0.2, 0.25) is 0 Å². The number of halogens is 1. The number of benzene rings is 2. The normalized spacial score (nSPS) is 12.0. The van der Waals surface area contributed by atoms with Crippen molar-refractivity contribution in [3.63, 3.8) is 0 Å². The number of esters is 1. The first-order valence-electron chi connectivity index (χ1n) is 8.59. The molecule has 2 aromatic carbocycles. The monoisotopic (exact) mass is 385 g/mol. The molecule has 0 radical (unpaired) electrons. The van der Waals surface area contributed by atoms with Crippen LogP contribution < -0.4 is 5.32 Å². The van der Waals surface area contributed by atoms with Gasteiger partial charge in [-0.25, -0.2) is 0 Å².